The molecular formula is C27H34N8O5. The second kappa shape index (κ2) is 11.3. The quantitative estimate of drug-likeness (QED) is 0.469. The Morgan fingerprint density at radius 3 is 2.48 bits per heavy atom. The van der Waals surface area contributed by atoms with Crippen LogP contribution in [0, 0.1) is 0 Å². The van der Waals surface area contributed by atoms with Gasteiger partial charge >= 0.3 is 12.2 Å². The monoisotopic (exact) mass is 550 g/mol. The molecule has 13 nitrogen and oxygen atoms in total. The Morgan fingerprint density at radius 1 is 1.07 bits per heavy atom. The molecular weight excluding hydrogens is 516 g/mol. The summed E-state index contributed by atoms with van der Waals surface area (Å²) in [5, 5.41) is 8.38. The lowest BCUT2D eigenvalue weighted by Crippen LogP contribution is -2.43. The van der Waals surface area contributed by atoms with E-state index in [0.717, 1.165) is 61.2 Å². The number of benzene rings is 1. The van der Waals surface area contributed by atoms with Gasteiger partial charge in [0.2, 0.25) is 0 Å². The minimum atomic E-state index is -0.553. The molecule has 3 N–H and O–H groups in total. The zero-order valence-corrected chi connectivity index (χ0v) is 22.5. The van der Waals surface area contributed by atoms with Gasteiger partial charge in [-0.2, -0.15) is 5.10 Å². The van der Waals surface area contributed by atoms with Gasteiger partial charge < -0.3 is 29.7 Å². The van der Waals surface area contributed by atoms with E-state index in [1.54, 1.807) is 17.0 Å². The Kier molecular flexibility index (Phi) is 7.39. The van der Waals surface area contributed by atoms with Crippen molar-refractivity contribution in [2.45, 2.75) is 43.9 Å². The average molecular weight is 551 g/mol. The highest BCUT2D eigenvalue weighted by atomic mass is 16.5. The van der Waals surface area contributed by atoms with Crippen LogP contribution in [0.3, 0.4) is 0 Å². The summed E-state index contributed by atoms with van der Waals surface area (Å²) in [5.74, 6) is 1.43. The summed E-state index contributed by atoms with van der Waals surface area (Å²) in [5.41, 5.74) is 7.57. The standard InChI is InChI=1S/C27H34N8O5/c1-38-27(37)33-11-8-19(9-12-33)35-25-22(14-29-35)24(34-15-20-6-7-21(16-34)40-20)31-23(32-25)17-2-4-18(5-3-17)30-26(36)39-13-10-28/h2-5,14,19-21H,6-13,15-16,28H2,1H3,(H,30,36). The first kappa shape index (κ1) is 26.3. The first-order chi connectivity index (χ1) is 19.5. The number of morpholine rings is 1. The van der Waals surface area contributed by atoms with Gasteiger partial charge in [0.1, 0.15) is 12.4 Å². The molecule has 3 aliphatic rings. The lowest BCUT2D eigenvalue weighted by atomic mass is 10.1. The molecule has 3 fully saturated rings. The number of hydrogen-bond donors (Lipinski definition) is 2. The van der Waals surface area contributed by atoms with Gasteiger partial charge in [-0.1, -0.05) is 0 Å². The Morgan fingerprint density at radius 2 is 1.80 bits per heavy atom. The summed E-state index contributed by atoms with van der Waals surface area (Å²) >= 11 is 0. The second-order valence-electron chi connectivity index (χ2n) is 10.4. The highest BCUT2D eigenvalue weighted by Crippen LogP contribution is 2.35. The van der Waals surface area contributed by atoms with Gasteiger partial charge in [-0.25, -0.2) is 24.2 Å². The van der Waals surface area contributed by atoms with Crippen LogP contribution < -0.4 is 16.0 Å². The van der Waals surface area contributed by atoms with Crippen LogP contribution in [0.1, 0.15) is 31.7 Å². The van der Waals surface area contributed by atoms with Crippen LogP contribution in [-0.4, -0.2) is 95.5 Å². The van der Waals surface area contributed by atoms with Gasteiger partial charge in [0.15, 0.2) is 11.5 Å². The van der Waals surface area contributed by atoms with E-state index in [9.17, 15) is 9.59 Å². The molecule has 5 heterocycles. The Bertz CT molecular complexity index is 1360. The first-order valence-electron chi connectivity index (χ1n) is 13.7. The zero-order valence-electron chi connectivity index (χ0n) is 22.5. The number of anilines is 2. The molecule has 2 unspecified atom stereocenters. The number of ether oxygens (including phenoxy) is 3. The van der Waals surface area contributed by atoms with Crippen molar-refractivity contribution in [2.24, 2.45) is 5.73 Å². The fourth-order valence-corrected chi connectivity index (χ4v) is 5.77. The average Bonchev–Trinajstić information content (AvgIpc) is 3.57. The summed E-state index contributed by atoms with van der Waals surface area (Å²) in [6.07, 6.45) is 5.03. The van der Waals surface area contributed by atoms with Crippen molar-refractivity contribution in [3.05, 3.63) is 30.5 Å². The van der Waals surface area contributed by atoms with Crippen molar-refractivity contribution in [1.82, 2.24) is 24.6 Å². The number of hydrogen-bond acceptors (Lipinski definition) is 10. The number of amides is 2. The Balaban J connectivity index is 1.32. The molecule has 6 rings (SSSR count). The second-order valence-corrected chi connectivity index (χ2v) is 10.4. The maximum Gasteiger partial charge on any atom is 0.411 e. The maximum absolute atomic E-state index is 12.0. The van der Waals surface area contributed by atoms with Gasteiger partial charge in [0.25, 0.3) is 0 Å². The van der Waals surface area contributed by atoms with E-state index in [4.69, 9.17) is 35.0 Å². The lowest BCUT2D eigenvalue weighted by molar-refractivity contribution is 0.0303. The highest BCUT2D eigenvalue weighted by molar-refractivity contribution is 5.89. The molecule has 212 valence electrons. The summed E-state index contributed by atoms with van der Waals surface area (Å²) in [6, 6.07) is 7.44. The SMILES string of the molecule is COC(=O)N1CCC(n2ncc3c(N4CC5CCC(C4)O5)nc(-c4ccc(NC(=O)OCCN)cc4)nc32)CC1. The molecule has 1 aromatic carbocycles. The topological polar surface area (TPSA) is 150 Å². The number of nitrogens with zero attached hydrogens (tertiary/aromatic N) is 6. The van der Waals surface area contributed by atoms with Crippen molar-refractivity contribution >= 4 is 34.7 Å². The molecule has 2 aromatic heterocycles. The fraction of sp³-hybridized carbons (Fsp3) is 0.519. The smallest absolute Gasteiger partial charge is 0.411 e. The van der Waals surface area contributed by atoms with Gasteiger partial charge in [0.05, 0.1) is 36.9 Å². The summed E-state index contributed by atoms with van der Waals surface area (Å²) < 4.78 is 18.0. The van der Waals surface area contributed by atoms with E-state index in [1.165, 1.54) is 7.11 Å². The largest absolute Gasteiger partial charge is 0.453 e. The van der Waals surface area contributed by atoms with E-state index >= 15 is 0 Å². The number of aromatic nitrogens is 4. The molecule has 0 saturated carbocycles. The number of rotatable bonds is 6. The minimum Gasteiger partial charge on any atom is -0.453 e. The molecule has 0 aliphatic carbocycles. The number of piperidine rings is 1. The van der Waals surface area contributed by atoms with Crippen LogP contribution in [-0.2, 0) is 14.2 Å². The number of likely N-dealkylation sites (tertiary alicyclic amines) is 1. The van der Waals surface area contributed by atoms with Crippen LogP contribution in [0.15, 0.2) is 30.5 Å². The van der Waals surface area contributed by atoms with E-state index in [1.807, 2.05) is 23.0 Å². The van der Waals surface area contributed by atoms with E-state index in [-0.39, 0.29) is 37.5 Å². The predicted molar refractivity (Wildman–Crippen MR) is 147 cm³/mol. The fourth-order valence-electron chi connectivity index (χ4n) is 5.77. The van der Waals surface area contributed by atoms with Gasteiger partial charge in [0, 0.05) is 44.0 Å². The van der Waals surface area contributed by atoms with E-state index < -0.39 is 6.09 Å². The van der Waals surface area contributed by atoms with Crippen molar-refractivity contribution in [1.29, 1.82) is 0 Å². The van der Waals surface area contributed by atoms with Crippen molar-refractivity contribution in [2.75, 3.05) is 56.7 Å². The van der Waals surface area contributed by atoms with Gasteiger partial charge in [-0.15, -0.1) is 0 Å². The molecule has 2 atom stereocenters. The maximum atomic E-state index is 12.0. The molecule has 2 bridgehead atoms. The van der Waals surface area contributed by atoms with E-state index in [0.29, 0.717) is 24.6 Å². The summed E-state index contributed by atoms with van der Waals surface area (Å²) in [7, 11) is 1.41. The van der Waals surface area contributed by atoms with E-state index in [2.05, 4.69) is 10.2 Å². The number of carbonyl (C=O) groups excluding carboxylic acids is 2. The van der Waals surface area contributed by atoms with Gasteiger partial charge in [-0.05, 0) is 49.9 Å². The number of fused-ring (bicyclic) bond motifs is 3. The lowest BCUT2D eigenvalue weighted by Gasteiger charge is -2.33. The van der Waals surface area contributed by atoms with Crippen molar-refractivity contribution in [3.63, 3.8) is 0 Å². The molecule has 40 heavy (non-hydrogen) atoms. The summed E-state index contributed by atoms with van der Waals surface area (Å²) in [4.78, 5) is 38.0. The van der Waals surface area contributed by atoms with Crippen LogP contribution in [0.25, 0.3) is 22.4 Å². The molecule has 0 radical (unpaired) electrons. The summed E-state index contributed by atoms with van der Waals surface area (Å²) in [6.45, 7) is 3.16. The number of carbonyl (C=O) groups is 2. The van der Waals surface area contributed by atoms with Crippen molar-refractivity contribution in [3.8, 4) is 11.4 Å². The first-order valence-corrected chi connectivity index (χ1v) is 13.7. The van der Waals surface area contributed by atoms with Gasteiger partial charge in [-0.3, -0.25) is 5.32 Å². The molecule has 3 aliphatic heterocycles. The Labute approximate surface area is 231 Å². The highest BCUT2D eigenvalue weighted by Gasteiger charge is 2.36. The minimum absolute atomic E-state index is 0.0981. The molecule has 0 spiro atoms. The third-order valence-corrected chi connectivity index (χ3v) is 7.76. The Hall–Kier alpha value is -3.97. The van der Waals surface area contributed by atoms with Crippen molar-refractivity contribution < 1.29 is 23.8 Å². The number of nitrogens with one attached hydrogen (secondary N) is 1. The number of nitrogens with two attached hydrogens (primary N) is 1. The van der Waals surface area contributed by atoms with Crippen LogP contribution in [0.5, 0.6) is 0 Å². The molecule has 3 saturated heterocycles. The molecule has 3 aromatic rings. The number of methoxy groups -OCH3 is 1. The zero-order chi connectivity index (χ0) is 27.6. The molecule has 13 heteroatoms. The normalized spacial score (nSPS) is 21.1. The third kappa shape index (κ3) is 5.26. The predicted octanol–water partition coefficient (Wildman–Crippen LogP) is 2.77. The van der Waals surface area contributed by atoms with Crippen LogP contribution in [0.4, 0.5) is 21.1 Å². The van der Waals surface area contributed by atoms with Crippen LogP contribution >= 0.6 is 0 Å². The molecule has 2 amide bonds. The third-order valence-electron chi connectivity index (χ3n) is 7.76. The van der Waals surface area contributed by atoms with Crippen LogP contribution in [0.2, 0.25) is 0 Å².